The first-order chi connectivity index (χ1) is 13.6. The van der Waals surface area contributed by atoms with Gasteiger partial charge in [0.1, 0.15) is 12.3 Å². The predicted octanol–water partition coefficient (Wildman–Crippen LogP) is 2.73. The number of carbonyl (C=O) groups is 1. The molecule has 2 aliphatic rings. The maximum atomic E-state index is 13.1. The second-order valence-corrected chi connectivity index (χ2v) is 7.81. The summed E-state index contributed by atoms with van der Waals surface area (Å²) in [4.78, 5) is 14.5. The summed E-state index contributed by atoms with van der Waals surface area (Å²) < 4.78 is 45.5. The van der Waals surface area contributed by atoms with Gasteiger partial charge in [-0.05, 0) is 53.6 Å². The highest BCUT2D eigenvalue weighted by molar-refractivity contribution is 7.98. The van der Waals surface area contributed by atoms with Crippen LogP contribution in [0, 0.1) is 0 Å². The van der Waals surface area contributed by atoms with Crippen LogP contribution < -0.4 is 4.90 Å². The zero-order valence-electron chi connectivity index (χ0n) is 15.0. The van der Waals surface area contributed by atoms with Gasteiger partial charge in [-0.15, -0.1) is 3.82 Å². The molecule has 1 aromatic carbocycles. The van der Waals surface area contributed by atoms with Crippen molar-refractivity contribution in [3.63, 3.8) is 0 Å². The van der Waals surface area contributed by atoms with Crippen molar-refractivity contribution in [2.75, 3.05) is 18.6 Å². The Morgan fingerprint density at radius 3 is 2.72 bits per heavy atom. The largest absolute Gasteiger partial charge is 0.460 e. The number of aliphatic hydroxyl groups is 2. The van der Waals surface area contributed by atoms with Crippen LogP contribution in [-0.2, 0) is 9.53 Å². The van der Waals surface area contributed by atoms with Crippen LogP contribution in [-0.4, -0.2) is 57.3 Å². The van der Waals surface area contributed by atoms with E-state index in [1.165, 1.54) is 18.2 Å². The van der Waals surface area contributed by atoms with Gasteiger partial charge >= 0.3 is 12.1 Å². The quantitative estimate of drug-likeness (QED) is 0.313. The van der Waals surface area contributed by atoms with Crippen LogP contribution >= 0.6 is 23.7 Å². The highest BCUT2D eigenvalue weighted by Crippen LogP contribution is 2.48. The molecule has 0 amide bonds. The first-order valence-electron chi connectivity index (χ1n) is 8.27. The summed E-state index contributed by atoms with van der Waals surface area (Å²) in [7, 11) is 1.06. The molecule has 0 aromatic heterocycles. The second kappa shape index (κ2) is 8.07. The van der Waals surface area contributed by atoms with Crippen LogP contribution in [0.3, 0.4) is 0 Å². The van der Waals surface area contributed by atoms with Crippen molar-refractivity contribution in [2.45, 2.75) is 29.7 Å². The number of anilines is 1. The number of aliphatic hydroxyl groups excluding tert-OH is 2. The van der Waals surface area contributed by atoms with Crippen LogP contribution in [0.5, 0.6) is 0 Å². The molecule has 3 unspecified atom stereocenters. The van der Waals surface area contributed by atoms with Gasteiger partial charge in [0, 0.05) is 17.6 Å². The molecule has 0 aliphatic carbocycles. The van der Waals surface area contributed by atoms with E-state index < -0.39 is 36.5 Å². The van der Waals surface area contributed by atoms with Crippen molar-refractivity contribution in [1.82, 2.24) is 8.72 Å². The monoisotopic (exact) mass is 451 g/mol. The number of allylic oxidation sites excluding steroid dienone is 1. The number of carbonyl (C=O) groups excluding carboxylic acids is 1. The Labute approximate surface area is 173 Å². The third-order valence-corrected chi connectivity index (χ3v) is 5.75. The molecule has 0 saturated heterocycles. The summed E-state index contributed by atoms with van der Waals surface area (Å²) in [5.41, 5.74) is -0.533. The van der Waals surface area contributed by atoms with Crippen LogP contribution in [0.1, 0.15) is 11.6 Å². The number of benzene rings is 1. The Morgan fingerprint density at radius 2 is 2.10 bits per heavy atom. The third-order valence-electron chi connectivity index (χ3n) is 4.40. The van der Waals surface area contributed by atoms with Gasteiger partial charge in [-0.3, -0.25) is 4.90 Å². The number of esters is 1. The molecule has 29 heavy (non-hydrogen) atoms. The minimum Gasteiger partial charge on any atom is -0.460 e. The smallest absolute Gasteiger partial charge is 0.431 e. The van der Waals surface area contributed by atoms with Gasteiger partial charge in [0.15, 0.2) is 12.3 Å². The fraction of sp³-hybridized carbons (Fsp3) is 0.353. The Kier molecular flexibility index (Phi) is 6.06. The van der Waals surface area contributed by atoms with Crippen molar-refractivity contribution in [1.29, 1.82) is 0 Å². The normalized spacial score (nSPS) is 24.9. The maximum Gasteiger partial charge on any atom is 0.431 e. The number of hydrogen-bond donors (Lipinski definition) is 2. The van der Waals surface area contributed by atoms with E-state index in [4.69, 9.17) is 16.5 Å². The van der Waals surface area contributed by atoms with Crippen LogP contribution in [0.2, 0.25) is 0 Å². The number of hydrogen-bond acceptors (Lipinski definition) is 8. The summed E-state index contributed by atoms with van der Waals surface area (Å²) in [6, 6.07) is 3.58. The zero-order chi connectivity index (χ0) is 21.5. The SMILES string of the molecule is C=CCOC(=O)C1c2cc(N3C(O)C=C(C(F)(F)F)N(C)C3O)ccc2SN1Cl. The zero-order valence-corrected chi connectivity index (χ0v) is 16.6. The fourth-order valence-corrected chi connectivity index (χ4v) is 4.35. The molecule has 0 fully saturated rings. The summed E-state index contributed by atoms with van der Waals surface area (Å²) >= 11 is 7.20. The van der Waals surface area contributed by atoms with E-state index in [1.54, 1.807) is 6.07 Å². The van der Waals surface area contributed by atoms with Gasteiger partial charge in [-0.25, -0.2) is 4.79 Å². The van der Waals surface area contributed by atoms with Crippen molar-refractivity contribution in [3.8, 4) is 0 Å². The lowest BCUT2D eigenvalue weighted by atomic mass is 10.1. The number of alkyl halides is 3. The van der Waals surface area contributed by atoms with Gasteiger partial charge in [-0.2, -0.15) is 13.2 Å². The first-order valence-corrected chi connectivity index (χ1v) is 9.38. The molecule has 1 aromatic rings. The first kappa shape index (κ1) is 21.8. The van der Waals surface area contributed by atoms with Gasteiger partial charge < -0.3 is 19.8 Å². The number of halogens is 4. The lowest BCUT2D eigenvalue weighted by Crippen LogP contribution is -2.56. The number of ether oxygens (including phenoxy) is 1. The van der Waals surface area contributed by atoms with Crippen LogP contribution in [0.4, 0.5) is 18.9 Å². The van der Waals surface area contributed by atoms with Gasteiger partial charge in [0.2, 0.25) is 6.35 Å². The van der Waals surface area contributed by atoms with Gasteiger partial charge in [0.05, 0.1) is 0 Å². The molecular formula is C17H17ClF3N3O4S. The van der Waals surface area contributed by atoms with Gasteiger partial charge in [0.25, 0.3) is 0 Å². The van der Waals surface area contributed by atoms with E-state index in [0.29, 0.717) is 21.4 Å². The molecule has 0 radical (unpaired) electrons. The minimum absolute atomic E-state index is 0.0148. The molecule has 3 rings (SSSR count). The molecule has 2 aliphatic heterocycles. The molecule has 12 heteroatoms. The Bertz CT molecular complexity index is 854. The molecule has 2 heterocycles. The second-order valence-electron chi connectivity index (χ2n) is 6.23. The Hall–Kier alpha value is -1.92. The van der Waals surface area contributed by atoms with E-state index >= 15 is 0 Å². The molecular weight excluding hydrogens is 435 g/mol. The van der Waals surface area contributed by atoms with Crippen molar-refractivity contribution >= 4 is 35.4 Å². The molecule has 0 saturated carbocycles. The molecule has 0 bridgehead atoms. The third kappa shape index (κ3) is 4.05. The molecule has 2 N–H and O–H groups in total. The van der Waals surface area contributed by atoms with Gasteiger partial charge in [-0.1, -0.05) is 12.7 Å². The molecule has 7 nitrogen and oxygen atoms in total. The number of nitrogens with zero attached hydrogens (tertiary/aromatic N) is 3. The van der Waals surface area contributed by atoms with Crippen molar-refractivity contribution < 1.29 is 32.9 Å². The molecule has 0 spiro atoms. The average Bonchev–Trinajstić information content (AvgIpc) is 2.97. The van der Waals surface area contributed by atoms with E-state index in [2.05, 4.69) is 6.58 Å². The lowest BCUT2D eigenvalue weighted by molar-refractivity contribution is -0.145. The van der Waals surface area contributed by atoms with E-state index in [0.717, 1.165) is 27.7 Å². The average molecular weight is 452 g/mol. The highest BCUT2D eigenvalue weighted by Gasteiger charge is 2.45. The number of rotatable bonds is 4. The Balaban J connectivity index is 1.96. The Morgan fingerprint density at radius 1 is 1.41 bits per heavy atom. The van der Waals surface area contributed by atoms with Crippen molar-refractivity contribution in [3.05, 3.63) is 48.2 Å². The van der Waals surface area contributed by atoms with E-state index in [-0.39, 0.29) is 12.3 Å². The minimum atomic E-state index is -4.74. The predicted molar refractivity (Wildman–Crippen MR) is 100 cm³/mol. The topological polar surface area (TPSA) is 76.5 Å². The van der Waals surface area contributed by atoms with E-state index in [9.17, 15) is 28.2 Å². The summed E-state index contributed by atoms with van der Waals surface area (Å²) in [6.45, 7) is 3.45. The fourth-order valence-electron chi connectivity index (χ4n) is 3.05. The summed E-state index contributed by atoms with van der Waals surface area (Å²) in [5, 5.41) is 20.6. The highest BCUT2D eigenvalue weighted by atomic mass is 35.5. The van der Waals surface area contributed by atoms with E-state index in [1.807, 2.05) is 0 Å². The molecule has 158 valence electrons. The standard InChI is InChI=1S/C17H17ClF3N3O4S/c1-3-6-28-15(26)14-10-7-9(4-5-11(10)29-24(14)18)23-13(25)8-12(17(19,20)21)22(2)16(23)27/h3-5,7-8,13-14,16,25,27H,1,6H2,2H3. The van der Waals surface area contributed by atoms with Crippen molar-refractivity contribution in [2.24, 2.45) is 0 Å². The summed E-state index contributed by atoms with van der Waals surface area (Å²) in [5.74, 6) is -0.639. The number of fused-ring (bicyclic) bond motifs is 1. The molecule has 3 atom stereocenters. The summed E-state index contributed by atoms with van der Waals surface area (Å²) in [6.07, 6.45) is -6.29. The van der Waals surface area contributed by atoms with Crippen LogP contribution in [0.25, 0.3) is 0 Å². The maximum absolute atomic E-state index is 13.1. The lowest BCUT2D eigenvalue weighted by Gasteiger charge is -2.43. The van der Waals surface area contributed by atoms with Crippen LogP contribution in [0.15, 0.2) is 47.5 Å².